The zero-order chi connectivity index (χ0) is 26.3. The summed E-state index contributed by atoms with van der Waals surface area (Å²) < 4.78 is 67.2. The fourth-order valence-corrected chi connectivity index (χ4v) is 5.16. The molecular formula is C24H19F3N6O2S. The molecule has 0 radical (unpaired) electrons. The second-order valence-electron chi connectivity index (χ2n) is 8.06. The van der Waals surface area contributed by atoms with Crippen molar-refractivity contribution in [3.8, 4) is 6.07 Å². The number of allylic oxidation sites excluding steroid dienone is 2. The van der Waals surface area contributed by atoms with Crippen molar-refractivity contribution in [2.75, 3.05) is 10.7 Å². The highest BCUT2D eigenvalue weighted by molar-refractivity contribution is 7.91. The molecular weight excluding hydrogens is 493 g/mol. The van der Waals surface area contributed by atoms with Gasteiger partial charge in [0.15, 0.2) is 0 Å². The first-order valence-corrected chi connectivity index (χ1v) is 12.4. The summed E-state index contributed by atoms with van der Waals surface area (Å²) >= 11 is 0. The molecule has 3 aromatic rings. The molecule has 0 spiro atoms. The highest BCUT2D eigenvalue weighted by atomic mass is 32.2. The number of aromatic nitrogens is 3. The molecule has 184 valence electrons. The fraction of sp³-hybridized carbons (Fsp3) is 0.250. The van der Waals surface area contributed by atoms with E-state index >= 15 is 0 Å². The van der Waals surface area contributed by atoms with E-state index in [2.05, 4.69) is 14.9 Å². The van der Waals surface area contributed by atoms with Gasteiger partial charge in [0.25, 0.3) is 5.16 Å². The lowest BCUT2D eigenvalue weighted by Gasteiger charge is -2.34. The first kappa shape index (κ1) is 24.9. The number of hydrogen-bond acceptors (Lipinski definition) is 6. The normalized spacial score (nSPS) is 15.9. The van der Waals surface area contributed by atoms with Gasteiger partial charge in [-0.15, -0.1) is 5.10 Å². The third-order valence-electron chi connectivity index (χ3n) is 5.66. The van der Waals surface area contributed by atoms with E-state index in [1.807, 2.05) is 6.07 Å². The molecule has 12 heteroatoms. The number of rotatable bonds is 5. The second kappa shape index (κ2) is 9.13. The minimum absolute atomic E-state index is 0.0386. The Morgan fingerprint density at radius 1 is 1.19 bits per heavy atom. The number of fused-ring (bicyclic) bond motifs is 1. The average molecular weight is 513 g/mol. The van der Waals surface area contributed by atoms with Crippen LogP contribution in [-0.2, 0) is 16.0 Å². The maximum Gasteiger partial charge on any atom is 0.416 e. The molecule has 1 atom stereocenters. The lowest BCUT2D eigenvalue weighted by Crippen LogP contribution is -2.30. The predicted octanol–water partition coefficient (Wildman–Crippen LogP) is 5.24. The van der Waals surface area contributed by atoms with Crippen LogP contribution >= 0.6 is 0 Å². The van der Waals surface area contributed by atoms with Crippen LogP contribution in [0.4, 0.5) is 24.8 Å². The molecule has 36 heavy (non-hydrogen) atoms. The van der Waals surface area contributed by atoms with Crippen LogP contribution < -0.4 is 4.90 Å². The van der Waals surface area contributed by atoms with Crippen LogP contribution in [0.15, 0.2) is 65.1 Å². The minimum atomic E-state index is -4.61. The van der Waals surface area contributed by atoms with Crippen LogP contribution in [0.1, 0.15) is 43.0 Å². The van der Waals surface area contributed by atoms with Crippen LogP contribution in [0, 0.1) is 17.9 Å². The van der Waals surface area contributed by atoms with Gasteiger partial charge in [0.05, 0.1) is 29.5 Å². The Labute approximate surface area is 205 Å². The van der Waals surface area contributed by atoms with E-state index < -0.39 is 32.8 Å². The zero-order valence-corrected chi connectivity index (χ0v) is 20.0. The number of alkyl halides is 3. The molecule has 2 heterocycles. The third kappa shape index (κ3) is 4.32. The molecule has 0 fully saturated rings. The molecule has 0 bridgehead atoms. The lowest BCUT2D eigenvalue weighted by molar-refractivity contribution is -0.137. The van der Waals surface area contributed by atoms with Gasteiger partial charge in [0.2, 0.25) is 21.5 Å². The first-order chi connectivity index (χ1) is 17.0. The van der Waals surface area contributed by atoms with Crippen molar-refractivity contribution >= 4 is 21.5 Å². The third-order valence-corrected chi connectivity index (χ3v) is 7.34. The summed E-state index contributed by atoms with van der Waals surface area (Å²) in [6.45, 7) is 11.1. The minimum Gasteiger partial charge on any atom is -0.294 e. The Bertz CT molecular complexity index is 1540. The fourth-order valence-electron chi connectivity index (χ4n) is 4.00. The number of halogens is 3. The van der Waals surface area contributed by atoms with Crippen molar-refractivity contribution in [3.05, 3.63) is 88.0 Å². The van der Waals surface area contributed by atoms with Gasteiger partial charge in [-0.05, 0) is 49.2 Å². The van der Waals surface area contributed by atoms with Crippen LogP contribution in [-0.4, -0.2) is 28.9 Å². The van der Waals surface area contributed by atoms with Crippen molar-refractivity contribution in [3.63, 3.8) is 0 Å². The van der Waals surface area contributed by atoms with Crippen molar-refractivity contribution in [2.24, 2.45) is 0 Å². The molecule has 0 saturated carbocycles. The number of anilines is 2. The van der Waals surface area contributed by atoms with Crippen molar-refractivity contribution < 1.29 is 21.6 Å². The van der Waals surface area contributed by atoms with Crippen LogP contribution in [0.5, 0.6) is 0 Å². The van der Waals surface area contributed by atoms with Gasteiger partial charge in [-0.3, -0.25) is 4.90 Å². The number of nitrogens with zero attached hydrogens (tertiary/aromatic N) is 6. The van der Waals surface area contributed by atoms with E-state index in [-0.39, 0.29) is 28.8 Å². The van der Waals surface area contributed by atoms with Gasteiger partial charge in [-0.2, -0.15) is 23.4 Å². The number of nitriles is 1. The first-order valence-electron chi connectivity index (χ1n) is 10.8. The standard InChI is InChI=1S/C24H19F3N6O2S/c1-4-12-36(34,35)22-30-23-32(19-7-5-6-18(13-19)24(25,26)27)15(2)20(29-3)21(33(23)31-22)17-10-8-16(14-28)9-11-17/h5-11,13,21H,4,12H2,1-2H3/t21-/m1/s1. The highest BCUT2D eigenvalue weighted by Gasteiger charge is 2.39. The van der Waals surface area contributed by atoms with E-state index in [4.69, 9.17) is 11.8 Å². The topological polar surface area (TPSA) is 96.2 Å². The quantitative estimate of drug-likeness (QED) is 0.434. The number of hydrogen-bond donors (Lipinski definition) is 0. The van der Waals surface area contributed by atoms with E-state index in [9.17, 15) is 21.6 Å². The summed E-state index contributed by atoms with van der Waals surface area (Å²) in [4.78, 5) is 9.19. The van der Waals surface area contributed by atoms with Gasteiger partial charge >= 0.3 is 6.18 Å². The van der Waals surface area contributed by atoms with Crippen LogP contribution in [0.2, 0.25) is 0 Å². The Morgan fingerprint density at radius 2 is 1.89 bits per heavy atom. The molecule has 0 amide bonds. The molecule has 0 unspecified atom stereocenters. The Kier molecular flexibility index (Phi) is 6.33. The van der Waals surface area contributed by atoms with Crippen molar-refractivity contribution in [2.45, 2.75) is 37.6 Å². The Morgan fingerprint density at radius 3 is 2.47 bits per heavy atom. The van der Waals surface area contributed by atoms with E-state index in [0.717, 1.165) is 12.1 Å². The molecule has 1 aromatic heterocycles. The molecule has 1 aliphatic heterocycles. The summed E-state index contributed by atoms with van der Waals surface area (Å²) in [5.74, 6) is -0.257. The molecule has 4 rings (SSSR count). The highest BCUT2D eigenvalue weighted by Crippen LogP contribution is 2.44. The smallest absolute Gasteiger partial charge is 0.294 e. The average Bonchev–Trinajstić information content (AvgIpc) is 3.28. The van der Waals surface area contributed by atoms with Gasteiger partial charge in [-0.25, -0.2) is 17.9 Å². The summed E-state index contributed by atoms with van der Waals surface area (Å²) in [6, 6.07) is 11.9. The van der Waals surface area contributed by atoms with Crippen molar-refractivity contribution in [1.29, 1.82) is 5.26 Å². The van der Waals surface area contributed by atoms with Gasteiger partial charge in [0, 0.05) is 11.4 Å². The van der Waals surface area contributed by atoms with E-state index in [1.54, 1.807) is 38.1 Å². The lowest BCUT2D eigenvalue weighted by atomic mass is 9.99. The van der Waals surface area contributed by atoms with Gasteiger partial charge < -0.3 is 0 Å². The monoisotopic (exact) mass is 512 g/mol. The van der Waals surface area contributed by atoms with Crippen LogP contribution in [0.25, 0.3) is 4.85 Å². The SMILES string of the molecule is [C-]#[N+]C1=C(C)N(c2cccc(C(F)(F)F)c2)c2nc(S(=O)(=O)CCC)nn2[C@@H]1c1ccc(C#N)cc1. The molecule has 1 aliphatic rings. The summed E-state index contributed by atoms with van der Waals surface area (Å²) in [5.41, 5.74) is 0.460. The molecule has 0 aliphatic carbocycles. The van der Waals surface area contributed by atoms with Gasteiger partial charge in [0.1, 0.15) is 6.04 Å². The Hall–Kier alpha value is -4.16. The van der Waals surface area contributed by atoms with Crippen molar-refractivity contribution in [1.82, 2.24) is 14.8 Å². The largest absolute Gasteiger partial charge is 0.416 e. The summed E-state index contributed by atoms with van der Waals surface area (Å²) in [6.07, 6.45) is -4.30. The summed E-state index contributed by atoms with van der Waals surface area (Å²) in [7, 11) is -3.89. The summed E-state index contributed by atoms with van der Waals surface area (Å²) in [5, 5.41) is 12.9. The predicted molar refractivity (Wildman–Crippen MR) is 125 cm³/mol. The molecule has 2 aromatic carbocycles. The zero-order valence-electron chi connectivity index (χ0n) is 19.2. The number of benzene rings is 2. The molecule has 0 N–H and O–H groups in total. The Balaban J connectivity index is 2.00. The van der Waals surface area contributed by atoms with Gasteiger partial charge in [-0.1, -0.05) is 25.1 Å². The maximum absolute atomic E-state index is 13.4. The second-order valence-corrected chi connectivity index (χ2v) is 10.1. The number of sulfone groups is 1. The maximum atomic E-state index is 13.4. The van der Waals surface area contributed by atoms with Crippen LogP contribution in [0.3, 0.4) is 0 Å². The molecule has 0 saturated heterocycles. The molecule has 8 nitrogen and oxygen atoms in total. The van der Waals surface area contributed by atoms with E-state index in [1.165, 1.54) is 21.7 Å². The van der Waals surface area contributed by atoms with E-state index in [0.29, 0.717) is 17.5 Å².